The van der Waals surface area contributed by atoms with Gasteiger partial charge in [-0.1, -0.05) is 61.5 Å². The van der Waals surface area contributed by atoms with Gasteiger partial charge >= 0.3 is 5.97 Å². The van der Waals surface area contributed by atoms with E-state index in [1.54, 1.807) is 4.57 Å². The van der Waals surface area contributed by atoms with Crippen molar-refractivity contribution in [3.8, 4) is 0 Å². The minimum atomic E-state index is -0.483. The van der Waals surface area contributed by atoms with E-state index in [4.69, 9.17) is 18.9 Å². The van der Waals surface area contributed by atoms with Gasteiger partial charge in [0.15, 0.2) is 5.16 Å². The minimum absolute atomic E-state index is 0.181. The van der Waals surface area contributed by atoms with Crippen LogP contribution < -0.4 is 5.56 Å². The van der Waals surface area contributed by atoms with Gasteiger partial charge in [-0.05, 0) is 29.7 Å². The third-order valence-corrected chi connectivity index (χ3v) is 6.51. The van der Waals surface area contributed by atoms with Crippen LogP contribution in [0.5, 0.6) is 0 Å². The van der Waals surface area contributed by atoms with Crippen molar-refractivity contribution in [2.75, 3.05) is 14.2 Å². The molecule has 0 radical (unpaired) electrons. The van der Waals surface area contributed by atoms with Gasteiger partial charge in [-0.15, -0.1) is 0 Å². The third kappa shape index (κ3) is 4.59. The van der Waals surface area contributed by atoms with Gasteiger partial charge in [0.1, 0.15) is 16.7 Å². The lowest BCUT2D eigenvalue weighted by Gasteiger charge is -2.14. The summed E-state index contributed by atoms with van der Waals surface area (Å²) in [6, 6.07) is 15.1. The zero-order valence-corrected chi connectivity index (χ0v) is 20.2. The van der Waals surface area contributed by atoms with E-state index >= 15 is 0 Å². The number of ether oxygens (including phenoxy) is 2. The van der Waals surface area contributed by atoms with E-state index in [0.717, 1.165) is 23.8 Å². The molecule has 0 aliphatic rings. The van der Waals surface area contributed by atoms with Crippen LogP contribution in [-0.2, 0) is 26.6 Å². The fourth-order valence-corrected chi connectivity index (χ4v) is 4.80. The number of rotatable bonds is 9. The summed E-state index contributed by atoms with van der Waals surface area (Å²) < 4.78 is 17.6. The number of hydrogen-bond donors (Lipinski definition) is 0. The molecular formula is C26H26N2O5S. The molecule has 0 aliphatic heterocycles. The molecular weight excluding hydrogens is 452 g/mol. The lowest BCUT2D eigenvalue weighted by molar-refractivity contribution is -0.133. The zero-order valence-electron chi connectivity index (χ0n) is 19.4. The van der Waals surface area contributed by atoms with Crippen molar-refractivity contribution in [2.45, 2.75) is 37.2 Å². The highest BCUT2D eigenvalue weighted by Gasteiger charge is 2.20. The number of fused-ring (bicyclic) bond motifs is 3. The topological polar surface area (TPSA) is 83.6 Å². The van der Waals surface area contributed by atoms with Crippen LogP contribution in [0.3, 0.4) is 0 Å². The Morgan fingerprint density at radius 3 is 2.68 bits per heavy atom. The summed E-state index contributed by atoms with van der Waals surface area (Å²) in [5.74, 6) is 0.0113. The fraction of sp³-hybridized carbons (Fsp3) is 0.269. The van der Waals surface area contributed by atoms with E-state index in [9.17, 15) is 9.59 Å². The monoisotopic (exact) mass is 478 g/mol. The van der Waals surface area contributed by atoms with Gasteiger partial charge in [0, 0.05) is 17.7 Å². The number of esters is 1. The molecule has 2 aromatic carbocycles. The second kappa shape index (κ2) is 10.6. The second-order valence-corrected chi connectivity index (χ2v) is 8.63. The molecule has 0 bridgehead atoms. The lowest BCUT2D eigenvalue weighted by atomic mass is 10.0. The molecule has 34 heavy (non-hydrogen) atoms. The molecule has 4 aromatic rings. The second-order valence-electron chi connectivity index (χ2n) is 7.69. The maximum absolute atomic E-state index is 13.4. The summed E-state index contributed by atoms with van der Waals surface area (Å²) in [6.45, 7) is 2.63. The van der Waals surface area contributed by atoms with Crippen LogP contribution in [0.25, 0.3) is 27.6 Å². The first-order valence-electron chi connectivity index (χ1n) is 11.0. The fourth-order valence-electron chi connectivity index (χ4n) is 3.78. The Balaban J connectivity index is 1.77. The first-order chi connectivity index (χ1) is 16.6. The van der Waals surface area contributed by atoms with Gasteiger partial charge in [-0.3, -0.25) is 9.36 Å². The molecule has 7 nitrogen and oxygen atoms in total. The largest absolute Gasteiger partial charge is 0.503 e. The number of thioether (sulfide) groups is 1. The van der Waals surface area contributed by atoms with E-state index in [1.807, 2.05) is 48.5 Å². The quantitative estimate of drug-likeness (QED) is 0.105. The van der Waals surface area contributed by atoms with Gasteiger partial charge in [0.05, 0.1) is 20.5 Å². The highest BCUT2D eigenvalue weighted by Crippen LogP contribution is 2.30. The Kier molecular flexibility index (Phi) is 7.37. The molecule has 0 aliphatic carbocycles. The number of carbonyl (C=O) groups excluding carboxylic acids is 1. The van der Waals surface area contributed by atoms with E-state index < -0.39 is 5.97 Å². The van der Waals surface area contributed by atoms with Crippen LogP contribution in [0.2, 0.25) is 0 Å². The molecule has 0 amide bonds. The highest BCUT2D eigenvalue weighted by atomic mass is 32.2. The molecule has 2 aromatic heterocycles. The Morgan fingerprint density at radius 2 is 1.91 bits per heavy atom. The maximum atomic E-state index is 13.4. The Hall–Kier alpha value is -3.52. The van der Waals surface area contributed by atoms with Crippen LogP contribution in [-0.4, -0.2) is 29.7 Å². The number of carbonyl (C=O) groups is 1. The van der Waals surface area contributed by atoms with Crippen LogP contribution in [0.4, 0.5) is 0 Å². The third-order valence-electron chi connectivity index (χ3n) is 5.49. The highest BCUT2D eigenvalue weighted by molar-refractivity contribution is 7.98. The van der Waals surface area contributed by atoms with E-state index in [0.29, 0.717) is 39.7 Å². The summed E-state index contributed by atoms with van der Waals surface area (Å²) in [5, 5.41) is 1.43. The minimum Gasteiger partial charge on any atom is -0.503 e. The normalized spacial score (nSPS) is 11.8. The standard InChI is InChI=1S/C26H26N2O5S/c1-4-5-14-28-24(29)23-22(19-12-8-9-13-21(19)33-23)27-26(28)34-16-17-10-6-7-11-18(17)20(15-31-2)25(30)32-3/h6-13,15H,4-5,14,16H2,1-3H3/b20-15+. The van der Waals surface area contributed by atoms with Gasteiger partial charge in [-0.25, -0.2) is 9.78 Å². The average Bonchev–Trinajstić information content (AvgIpc) is 3.24. The van der Waals surface area contributed by atoms with Crippen molar-refractivity contribution >= 4 is 45.4 Å². The van der Waals surface area contributed by atoms with Crippen molar-refractivity contribution in [1.29, 1.82) is 0 Å². The molecule has 0 spiro atoms. The van der Waals surface area contributed by atoms with E-state index in [-0.39, 0.29) is 11.1 Å². The van der Waals surface area contributed by atoms with Gasteiger partial charge in [0.2, 0.25) is 5.58 Å². The summed E-state index contributed by atoms with van der Waals surface area (Å²) in [4.78, 5) is 30.6. The molecule has 4 rings (SSSR count). The molecule has 0 saturated carbocycles. The first kappa shape index (κ1) is 23.6. The Labute approximate surface area is 201 Å². The van der Waals surface area contributed by atoms with E-state index in [2.05, 4.69) is 6.92 Å². The van der Waals surface area contributed by atoms with Crippen molar-refractivity contribution in [3.63, 3.8) is 0 Å². The molecule has 0 N–H and O–H groups in total. The Bertz CT molecular complexity index is 1420. The van der Waals surface area contributed by atoms with E-state index in [1.165, 1.54) is 32.2 Å². The number of benzene rings is 2. The summed E-state index contributed by atoms with van der Waals surface area (Å²) in [5.41, 5.74) is 3.24. The summed E-state index contributed by atoms with van der Waals surface area (Å²) >= 11 is 1.45. The lowest BCUT2D eigenvalue weighted by Crippen LogP contribution is -2.23. The number of methoxy groups -OCH3 is 2. The Morgan fingerprint density at radius 1 is 1.15 bits per heavy atom. The number of hydrogen-bond acceptors (Lipinski definition) is 7. The average molecular weight is 479 g/mol. The number of unbranched alkanes of at least 4 members (excludes halogenated alkanes) is 1. The predicted molar refractivity (Wildman–Crippen MR) is 134 cm³/mol. The molecule has 0 saturated heterocycles. The van der Waals surface area contributed by atoms with Crippen LogP contribution >= 0.6 is 11.8 Å². The van der Waals surface area contributed by atoms with Crippen molar-refractivity contribution in [3.05, 3.63) is 76.3 Å². The van der Waals surface area contributed by atoms with Crippen molar-refractivity contribution < 1.29 is 18.7 Å². The number of furan rings is 1. The molecule has 0 unspecified atom stereocenters. The maximum Gasteiger partial charge on any atom is 0.341 e. The van der Waals surface area contributed by atoms with Gasteiger partial charge in [0.25, 0.3) is 5.56 Å². The predicted octanol–water partition coefficient (Wildman–Crippen LogP) is 5.40. The summed E-state index contributed by atoms with van der Waals surface area (Å²) in [6.07, 6.45) is 3.18. The summed E-state index contributed by atoms with van der Waals surface area (Å²) in [7, 11) is 2.82. The van der Waals surface area contributed by atoms with Gasteiger partial charge < -0.3 is 13.9 Å². The van der Waals surface area contributed by atoms with Crippen LogP contribution in [0.1, 0.15) is 30.9 Å². The number of para-hydroxylation sites is 1. The SMILES string of the molecule is CCCCn1c(SCc2ccccc2/C(=C\OC)C(=O)OC)nc2c(oc3ccccc32)c1=O. The van der Waals surface area contributed by atoms with Crippen molar-refractivity contribution in [1.82, 2.24) is 9.55 Å². The van der Waals surface area contributed by atoms with Crippen LogP contribution in [0.15, 0.2) is 69.2 Å². The smallest absolute Gasteiger partial charge is 0.341 e. The molecule has 8 heteroatoms. The number of aromatic nitrogens is 2. The molecule has 0 atom stereocenters. The first-order valence-corrected chi connectivity index (χ1v) is 12.0. The molecule has 176 valence electrons. The van der Waals surface area contributed by atoms with Crippen molar-refractivity contribution in [2.24, 2.45) is 0 Å². The number of nitrogens with zero attached hydrogens (tertiary/aromatic N) is 2. The van der Waals surface area contributed by atoms with Gasteiger partial charge in [-0.2, -0.15) is 0 Å². The zero-order chi connectivity index (χ0) is 24.1. The van der Waals surface area contributed by atoms with Crippen LogP contribution in [0, 0.1) is 0 Å². The molecule has 0 fully saturated rings. The molecule has 2 heterocycles.